The van der Waals surface area contributed by atoms with Crippen molar-refractivity contribution in [2.45, 2.75) is 39.0 Å². The molecule has 1 aliphatic carbocycles. The molecule has 0 aliphatic heterocycles. The zero-order chi connectivity index (χ0) is 17.6. The van der Waals surface area contributed by atoms with E-state index in [4.69, 9.17) is 0 Å². The summed E-state index contributed by atoms with van der Waals surface area (Å²) in [6.45, 7) is 2.65. The number of aromatic nitrogens is 2. The van der Waals surface area contributed by atoms with Gasteiger partial charge in [0.2, 0.25) is 5.95 Å². The molecule has 1 aromatic carbocycles. The quantitative estimate of drug-likeness (QED) is 0.715. The molecule has 0 saturated carbocycles. The lowest BCUT2D eigenvalue weighted by Crippen LogP contribution is -2.08. The Kier molecular flexibility index (Phi) is 5.58. The minimum atomic E-state index is -0.677. The van der Waals surface area contributed by atoms with E-state index >= 15 is 0 Å². The highest BCUT2D eigenvalue weighted by Crippen LogP contribution is 2.21. The van der Waals surface area contributed by atoms with E-state index in [0.717, 1.165) is 24.7 Å². The third kappa shape index (κ3) is 4.98. The van der Waals surface area contributed by atoms with Gasteiger partial charge in [-0.15, -0.1) is 0 Å². The van der Waals surface area contributed by atoms with Crippen LogP contribution in [0.5, 0.6) is 0 Å². The van der Waals surface area contributed by atoms with Crippen LogP contribution in [0.4, 0.5) is 26.2 Å². The summed E-state index contributed by atoms with van der Waals surface area (Å²) in [5, 5.41) is 6.10. The van der Waals surface area contributed by atoms with Crippen LogP contribution in [0.2, 0.25) is 0 Å². The molecule has 4 nitrogen and oxygen atoms in total. The van der Waals surface area contributed by atoms with Crippen molar-refractivity contribution in [2.24, 2.45) is 0 Å². The maximum absolute atomic E-state index is 13.8. The lowest BCUT2D eigenvalue weighted by atomic mass is 9.97. The maximum Gasteiger partial charge on any atom is 0.229 e. The van der Waals surface area contributed by atoms with Crippen molar-refractivity contribution in [1.29, 1.82) is 0 Å². The van der Waals surface area contributed by atoms with Gasteiger partial charge in [-0.2, -0.15) is 4.98 Å². The van der Waals surface area contributed by atoms with Gasteiger partial charge >= 0.3 is 0 Å². The van der Waals surface area contributed by atoms with E-state index in [0.29, 0.717) is 5.82 Å². The van der Waals surface area contributed by atoms with Crippen LogP contribution in [0.15, 0.2) is 35.9 Å². The average Bonchev–Trinajstić information content (AvgIpc) is 2.58. The lowest BCUT2D eigenvalue weighted by Gasteiger charge is -2.14. The molecule has 2 N–H and O–H groups in total. The van der Waals surface area contributed by atoms with Gasteiger partial charge in [-0.3, -0.25) is 0 Å². The minimum absolute atomic E-state index is 0.144. The number of allylic oxidation sites excluding steroid dienone is 1. The minimum Gasteiger partial charge on any atom is -0.370 e. The molecule has 132 valence electrons. The highest BCUT2D eigenvalue weighted by molar-refractivity contribution is 5.56. The number of hydrogen-bond acceptors (Lipinski definition) is 4. The molecule has 0 saturated heterocycles. The van der Waals surface area contributed by atoms with Crippen LogP contribution in [0.1, 0.15) is 37.8 Å². The molecule has 1 aliphatic rings. The standard InChI is InChI=1S/C19H22F2N4/c1-13-11-18(22-10-9-14-5-3-2-4-6-14)25-19(23-13)24-17-8-7-15(20)12-16(17)21/h5,7-8,11-12H,2-4,6,9-10H2,1H3,(H2,22,23,24,25). The van der Waals surface area contributed by atoms with E-state index in [-0.39, 0.29) is 11.6 Å². The summed E-state index contributed by atoms with van der Waals surface area (Å²) in [5.41, 5.74) is 2.40. The summed E-state index contributed by atoms with van der Waals surface area (Å²) in [4.78, 5) is 8.62. The van der Waals surface area contributed by atoms with Crippen LogP contribution in [0, 0.1) is 18.6 Å². The Balaban J connectivity index is 1.64. The van der Waals surface area contributed by atoms with Crippen molar-refractivity contribution in [3.05, 3.63) is 53.2 Å². The van der Waals surface area contributed by atoms with E-state index in [1.165, 1.54) is 43.4 Å². The van der Waals surface area contributed by atoms with Gasteiger partial charge in [0.25, 0.3) is 0 Å². The van der Waals surface area contributed by atoms with Gasteiger partial charge in [-0.05, 0) is 51.2 Å². The third-order valence-corrected chi connectivity index (χ3v) is 4.17. The number of nitrogens with one attached hydrogen (secondary N) is 2. The monoisotopic (exact) mass is 344 g/mol. The van der Waals surface area contributed by atoms with Crippen molar-refractivity contribution in [2.75, 3.05) is 17.2 Å². The summed E-state index contributed by atoms with van der Waals surface area (Å²) in [6.07, 6.45) is 8.26. The topological polar surface area (TPSA) is 49.8 Å². The molecule has 6 heteroatoms. The van der Waals surface area contributed by atoms with E-state index in [9.17, 15) is 8.78 Å². The average molecular weight is 344 g/mol. The highest BCUT2D eigenvalue weighted by atomic mass is 19.1. The molecule has 0 fully saturated rings. The summed E-state index contributed by atoms with van der Waals surface area (Å²) in [6, 6.07) is 5.20. The number of rotatable bonds is 6. The lowest BCUT2D eigenvalue weighted by molar-refractivity contribution is 0.586. The second-order valence-corrected chi connectivity index (χ2v) is 6.25. The van der Waals surface area contributed by atoms with Crippen LogP contribution in [0.3, 0.4) is 0 Å². The molecule has 1 heterocycles. The highest BCUT2D eigenvalue weighted by Gasteiger charge is 2.08. The Hall–Kier alpha value is -2.50. The Morgan fingerprint density at radius 1 is 1.12 bits per heavy atom. The number of benzene rings is 1. The zero-order valence-corrected chi connectivity index (χ0v) is 14.3. The molecule has 3 rings (SSSR count). The van der Waals surface area contributed by atoms with Crippen molar-refractivity contribution >= 4 is 17.5 Å². The molecule has 2 aromatic rings. The Labute approximate surface area is 146 Å². The van der Waals surface area contributed by atoms with Crippen LogP contribution in [-0.4, -0.2) is 16.5 Å². The van der Waals surface area contributed by atoms with Crippen molar-refractivity contribution in [3.8, 4) is 0 Å². The third-order valence-electron chi connectivity index (χ3n) is 4.17. The van der Waals surface area contributed by atoms with Crippen LogP contribution in [0.25, 0.3) is 0 Å². The summed E-state index contributed by atoms with van der Waals surface area (Å²) in [5.74, 6) is -0.324. The molecular weight excluding hydrogens is 322 g/mol. The molecule has 0 amide bonds. The first-order valence-corrected chi connectivity index (χ1v) is 8.60. The number of hydrogen-bond donors (Lipinski definition) is 2. The molecule has 0 radical (unpaired) electrons. The fraction of sp³-hybridized carbons (Fsp3) is 0.368. The second-order valence-electron chi connectivity index (χ2n) is 6.25. The largest absolute Gasteiger partial charge is 0.370 e. The Morgan fingerprint density at radius 3 is 2.76 bits per heavy atom. The van der Waals surface area contributed by atoms with Gasteiger partial charge in [-0.1, -0.05) is 11.6 Å². The van der Waals surface area contributed by atoms with Gasteiger partial charge in [0.15, 0.2) is 0 Å². The smallest absolute Gasteiger partial charge is 0.229 e. The van der Waals surface area contributed by atoms with Gasteiger partial charge in [0.05, 0.1) is 5.69 Å². The summed E-state index contributed by atoms with van der Waals surface area (Å²) < 4.78 is 26.8. The van der Waals surface area contributed by atoms with E-state index < -0.39 is 11.6 Å². The molecule has 0 unspecified atom stereocenters. The number of aryl methyl sites for hydroxylation is 1. The van der Waals surface area contributed by atoms with Crippen LogP contribution in [-0.2, 0) is 0 Å². The van der Waals surface area contributed by atoms with Crippen LogP contribution >= 0.6 is 0 Å². The first-order valence-electron chi connectivity index (χ1n) is 8.60. The van der Waals surface area contributed by atoms with Crippen molar-refractivity contribution in [3.63, 3.8) is 0 Å². The fourth-order valence-electron chi connectivity index (χ4n) is 2.91. The van der Waals surface area contributed by atoms with E-state index in [1.807, 2.05) is 13.0 Å². The predicted molar refractivity (Wildman–Crippen MR) is 96.1 cm³/mol. The SMILES string of the molecule is Cc1cc(NCCC2=CCCCC2)nc(Nc2ccc(F)cc2F)n1. The number of anilines is 3. The Morgan fingerprint density at radius 2 is 2.00 bits per heavy atom. The van der Waals surface area contributed by atoms with Crippen LogP contribution < -0.4 is 10.6 Å². The molecular formula is C19H22F2N4. The maximum atomic E-state index is 13.8. The fourth-order valence-corrected chi connectivity index (χ4v) is 2.91. The number of nitrogens with zero attached hydrogens (tertiary/aromatic N) is 2. The van der Waals surface area contributed by atoms with Gasteiger partial charge in [-0.25, -0.2) is 13.8 Å². The normalized spacial score (nSPS) is 14.1. The van der Waals surface area contributed by atoms with E-state index in [1.54, 1.807) is 0 Å². The molecule has 0 atom stereocenters. The first-order chi connectivity index (χ1) is 12.1. The first kappa shape index (κ1) is 17.3. The van der Waals surface area contributed by atoms with Crippen molar-refractivity contribution < 1.29 is 8.78 Å². The number of halogens is 2. The summed E-state index contributed by atoms with van der Waals surface area (Å²) in [7, 11) is 0. The molecule has 0 bridgehead atoms. The Bertz CT molecular complexity index is 774. The van der Waals surface area contributed by atoms with Gasteiger partial charge in [0, 0.05) is 24.4 Å². The summed E-state index contributed by atoms with van der Waals surface area (Å²) >= 11 is 0. The zero-order valence-electron chi connectivity index (χ0n) is 14.3. The molecule has 1 aromatic heterocycles. The van der Waals surface area contributed by atoms with E-state index in [2.05, 4.69) is 26.7 Å². The molecule has 0 spiro atoms. The van der Waals surface area contributed by atoms with Gasteiger partial charge in [0.1, 0.15) is 17.5 Å². The van der Waals surface area contributed by atoms with Crippen molar-refractivity contribution in [1.82, 2.24) is 9.97 Å². The molecule has 25 heavy (non-hydrogen) atoms. The predicted octanol–water partition coefficient (Wildman–Crippen LogP) is 5.11. The second kappa shape index (κ2) is 8.05. The van der Waals surface area contributed by atoms with Gasteiger partial charge < -0.3 is 10.6 Å².